The van der Waals surface area contributed by atoms with Gasteiger partial charge in [0.15, 0.2) is 0 Å². The number of hydrogen-bond donors (Lipinski definition) is 4. The van der Waals surface area contributed by atoms with Gasteiger partial charge in [-0.15, -0.1) is 0 Å². The van der Waals surface area contributed by atoms with E-state index in [0.717, 1.165) is 6.07 Å². The van der Waals surface area contributed by atoms with E-state index < -0.39 is 20.9 Å². The summed E-state index contributed by atoms with van der Waals surface area (Å²) in [6.45, 7) is 0. The predicted octanol–water partition coefficient (Wildman–Crippen LogP) is 2.63. The first-order valence-electron chi connectivity index (χ1n) is 7.16. The average Bonchev–Trinajstić information content (AvgIpc) is 2.54. The topological polar surface area (TPSA) is 130 Å². The summed E-state index contributed by atoms with van der Waals surface area (Å²) in [6, 6.07) is 13.2. The van der Waals surface area contributed by atoms with Crippen molar-refractivity contribution in [1.29, 1.82) is 0 Å². The van der Waals surface area contributed by atoms with Gasteiger partial charge in [0.25, 0.3) is 16.0 Å². The van der Waals surface area contributed by atoms with Crippen molar-refractivity contribution >= 4 is 38.2 Å². The van der Waals surface area contributed by atoms with Gasteiger partial charge in [-0.05, 0) is 41.8 Å². The molecule has 1 amide bonds. The van der Waals surface area contributed by atoms with Crippen molar-refractivity contribution in [1.82, 2.24) is 0 Å². The Balaban J connectivity index is 2.05. The quantitative estimate of drug-likeness (QED) is 0.421. The van der Waals surface area contributed by atoms with Gasteiger partial charge in [0.2, 0.25) is 0 Å². The Kier molecular flexibility index (Phi) is 4.07. The molecule has 128 valence electrons. The van der Waals surface area contributed by atoms with Crippen LogP contribution in [0.25, 0.3) is 10.8 Å². The van der Waals surface area contributed by atoms with Gasteiger partial charge in [-0.1, -0.05) is 12.1 Å². The summed E-state index contributed by atoms with van der Waals surface area (Å²) < 4.78 is 31.7. The molecule has 0 aliphatic heterocycles. The first kappa shape index (κ1) is 16.7. The second kappa shape index (κ2) is 6.08. The number of anilines is 2. The van der Waals surface area contributed by atoms with Gasteiger partial charge >= 0.3 is 0 Å². The highest BCUT2D eigenvalue weighted by atomic mass is 32.2. The number of aromatic hydroxyl groups is 1. The molecule has 5 N–H and O–H groups in total. The van der Waals surface area contributed by atoms with Gasteiger partial charge in [0.05, 0.1) is 10.6 Å². The molecule has 0 spiro atoms. The predicted molar refractivity (Wildman–Crippen MR) is 94.2 cm³/mol. The first-order valence-corrected chi connectivity index (χ1v) is 8.60. The van der Waals surface area contributed by atoms with E-state index >= 15 is 0 Å². The van der Waals surface area contributed by atoms with E-state index in [0.29, 0.717) is 22.3 Å². The van der Waals surface area contributed by atoms with Crippen molar-refractivity contribution in [3.8, 4) is 5.75 Å². The monoisotopic (exact) mass is 358 g/mol. The highest BCUT2D eigenvalue weighted by Gasteiger charge is 2.16. The zero-order valence-corrected chi connectivity index (χ0v) is 13.6. The lowest BCUT2D eigenvalue weighted by Crippen LogP contribution is -2.12. The van der Waals surface area contributed by atoms with Crippen LogP contribution in [0.2, 0.25) is 0 Å². The second-order valence-corrected chi connectivity index (χ2v) is 6.82. The first-order chi connectivity index (χ1) is 11.8. The van der Waals surface area contributed by atoms with Gasteiger partial charge in [0, 0.05) is 22.7 Å². The standard InChI is InChI=1S/C17H14N2O5S/c18-12-6-4-10(5-7-12)17(21)19-14-3-1-2-11-8-13(25(22,23)24)9-15(20)16(11)14/h1-9,20H,18H2,(H,19,21)(H,22,23,24). The van der Waals surface area contributed by atoms with Crippen LogP contribution in [0.4, 0.5) is 11.4 Å². The molecule has 25 heavy (non-hydrogen) atoms. The lowest BCUT2D eigenvalue weighted by molar-refractivity contribution is 0.102. The fraction of sp³-hybridized carbons (Fsp3) is 0. The molecule has 7 nitrogen and oxygen atoms in total. The summed E-state index contributed by atoms with van der Waals surface area (Å²) in [5, 5.41) is 13.5. The molecule has 0 bridgehead atoms. The van der Waals surface area contributed by atoms with Crippen LogP contribution in [0.5, 0.6) is 5.75 Å². The fourth-order valence-corrected chi connectivity index (χ4v) is 3.00. The molecule has 0 saturated heterocycles. The zero-order valence-electron chi connectivity index (χ0n) is 12.8. The third kappa shape index (κ3) is 3.39. The maximum absolute atomic E-state index is 12.3. The van der Waals surface area contributed by atoms with Crippen molar-refractivity contribution in [3.63, 3.8) is 0 Å². The lowest BCUT2D eigenvalue weighted by Gasteiger charge is -2.11. The van der Waals surface area contributed by atoms with Crippen LogP contribution in [0.3, 0.4) is 0 Å². The molecule has 0 aliphatic carbocycles. The highest BCUT2D eigenvalue weighted by molar-refractivity contribution is 7.85. The van der Waals surface area contributed by atoms with Crippen LogP contribution in [-0.2, 0) is 10.1 Å². The minimum absolute atomic E-state index is 0.263. The molecule has 0 atom stereocenters. The Hall–Kier alpha value is -3.10. The largest absolute Gasteiger partial charge is 0.507 e. The average molecular weight is 358 g/mol. The Morgan fingerprint density at radius 3 is 2.36 bits per heavy atom. The smallest absolute Gasteiger partial charge is 0.294 e. The van der Waals surface area contributed by atoms with E-state index in [-0.39, 0.29) is 11.1 Å². The summed E-state index contributed by atoms with van der Waals surface area (Å²) in [6.07, 6.45) is 0. The van der Waals surface area contributed by atoms with E-state index in [9.17, 15) is 18.3 Å². The molecule has 3 aromatic rings. The van der Waals surface area contributed by atoms with Crippen LogP contribution < -0.4 is 11.1 Å². The molecule has 0 unspecified atom stereocenters. The number of amides is 1. The number of carbonyl (C=O) groups excluding carboxylic acids is 1. The Labute approximate surface area is 143 Å². The zero-order chi connectivity index (χ0) is 18.2. The fourth-order valence-electron chi connectivity index (χ4n) is 2.46. The number of phenols is 1. The number of fused-ring (bicyclic) bond motifs is 1. The van der Waals surface area contributed by atoms with Gasteiger partial charge in [-0.2, -0.15) is 8.42 Å². The van der Waals surface area contributed by atoms with Gasteiger partial charge in [-0.25, -0.2) is 0 Å². The van der Waals surface area contributed by atoms with E-state index in [1.165, 1.54) is 6.07 Å². The third-order valence-corrected chi connectivity index (χ3v) is 4.48. The van der Waals surface area contributed by atoms with Gasteiger partial charge in [0.1, 0.15) is 5.75 Å². The minimum atomic E-state index is -4.46. The molecule has 0 heterocycles. The molecule has 0 aliphatic rings. The summed E-state index contributed by atoms with van der Waals surface area (Å²) in [5.74, 6) is -0.788. The van der Waals surface area contributed by atoms with Crippen LogP contribution in [0.15, 0.2) is 59.5 Å². The van der Waals surface area contributed by atoms with Crippen LogP contribution in [0, 0.1) is 0 Å². The minimum Gasteiger partial charge on any atom is -0.507 e. The van der Waals surface area contributed by atoms with E-state index in [4.69, 9.17) is 10.3 Å². The summed E-state index contributed by atoms with van der Waals surface area (Å²) in [7, 11) is -4.46. The van der Waals surface area contributed by atoms with Crippen molar-refractivity contribution in [3.05, 3.63) is 60.2 Å². The number of nitrogens with two attached hydrogens (primary N) is 1. The summed E-state index contributed by atoms with van der Waals surface area (Å²) in [4.78, 5) is 11.9. The molecular weight excluding hydrogens is 344 g/mol. The highest BCUT2D eigenvalue weighted by Crippen LogP contribution is 2.34. The van der Waals surface area contributed by atoms with Crippen LogP contribution in [-0.4, -0.2) is 24.0 Å². The third-order valence-electron chi connectivity index (χ3n) is 3.65. The molecule has 0 aromatic heterocycles. The molecule has 8 heteroatoms. The van der Waals surface area contributed by atoms with Crippen molar-refractivity contribution in [2.45, 2.75) is 4.90 Å². The molecule has 0 radical (unpaired) electrons. The van der Waals surface area contributed by atoms with Crippen LogP contribution in [0.1, 0.15) is 10.4 Å². The van der Waals surface area contributed by atoms with Gasteiger partial charge in [-0.3, -0.25) is 9.35 Å². The normalized spacial score (nSPS) is 11.4. The molecule has 3 rings (SSSR count). The Morgan fingerprint density at radius 2 is 1.72 bits per heavy atom. The number of carbonyl (C=O) groups is 1. The molecule has 0 saturated carbocycles. The van der Waals surface area contributed by atoms with E-state index in [1.54, 1.807) is 42.5 Å². The molecular formula is C17H14N2O5S. The van der Waals surface area contributed by atoms with Crippen molar-refractivity contribution in [2.24, 2.45) is 0 Å². The Bertz CT molecular complexity index is 1080. The molecule has 3 aromatic carbocycles. The lowest BCUT2D eigenvalue weighted by atomic mass is 10.1. The summed E-state index contributed by atoms with van der Waals surface area (Å²) >= 11 is 0. The number of phenolic OH excluding ortho intramolecular Hbond substituents is 1. The van der Waals surface area contributed by atoms with E-state index in [2.05, 4.69) is 5.32 Å². The van der Waals surface area contributed by atoms with Crippen LogP contribution >= 0.6 is 0 Å². The summed E-state index contributed by atoms with van der Waals surface area (Å²) in [5.41, 5.74) is 6.79. The number of rotatable bonds is 3. The number of benzene rings is 3. The number of nitrogen functional groups attached to an aromatic ring is 1. The van der Waals surface area contributed by atoms with E-state index in [1.807, 2.05) is 0 Å². The number of nitrogens with one attached hydrogen (secondary N) is 1. The maximum atomic E-state index is 12.3. The second-order valence-electron chi connectivity index (χ2n) is 5.40. The Morgan fingerprint density at radius 1 is 1.04 bits per heavy atom. The van der Waals surface area contributed by atoms with Crippen molar-refractivity contribution < 1.29 is 22.9 Å². The molecule has 0 fully saturated rings. The van der Waals surface area contributed by atoms with Crippen molar-refractivity contribution in [2.75, 3.05) is 11.1 Å². The van der Waals surface area contributed by atoms with Gasteiger partial charge < -0.3 is 16.2 Å². The SMILES string of the molecule is Nc1ccc(C(=O)Nc2cccc3cc(S(=O)(=O)O)cc(O)c23)cc1. The number of hydrogen-bond acceptors (Lipinski definition) is 5. The maximum Gasteiger partial charge on any atom is 0.294 e.